The van der Waals surface area contributed by atoms with Crippen molar-refractivity contribution >= 4 is 5.97 Å². The first-order valence-electron chi connectivity index (χ1n) is 6.49. The molecule has 1 atom stereocenters. The van der Waals surface area contributed by atoms with Crippen molar-refractivity contribution in [3.63, 3.8) is 0 Å². The van der Waals surface area contributed by atoms with Crippen molar-refractivity contribution < 1.29 is 9.53 Å². The van der Waals surface area contributed by atoms with Crippen molar-refractivity contribution in [2.24, 2.45) is 5.92 Å². The van der Waals surface area contributed by atoms with Crippen LogP contribution in [0.3, 0.4) is 0 Å². The van der Waals surface area contributed by atoms with Crippen LogP contribution in [0.5, 0.6) is 0 Å². The second-order valence-electron chi connectivity index (χ2n) is 5.10. The molecule has 0 bridgehead atoms. The molecule has 0 aromatic carbocycles. The van der Waals surface area contributed by atoms with E-state index in [1.807, 2.05) is 0 Å². The summed E-state index contributed by atoms with van der Waals surface area (Å²) in [6.07, 6.45) is 7.62. The zero-order valence-electron chi connectivity index (χ0n) is 10.8. The molecule has 1 saturated carbocycles. The maximum atomic E-state index is 11.6. The minimum absolute atomic E-state index is 0.126. The molecule has 0 heterocycles. The summed E-state index contributed by atoms with van der Waals surface area (Å²) < 4.78 is 4.85. The van der Waals surface area contributed by atoms with Crippen LogP contribution >= 0.6 is 0 Å². The number of rotatable bonds is 4. The summed E-state index contributed by atoms with van der Waals surface area (Å²) in [5.41, 5.74) is 0. The number of methoxy groups -OCH3 is 1. The van der Waals surface area contributed by atoms with Crippen LogP contribution in [0.4, 0.5) is 0 Å². The number of hydrogen-bond acceptors (Lipinski definition) is 3. The molecule has 1 aliphatic carbocycles. The third kappa shape index (κ3) is 4.12. The quantitative estimate of drug-likeness (QED) is 0.592. The Kier molecular flexibility index (Phi) is 5.81. The molecule has 16 heavy (non-hydrogen) atoms. The minimum atomic E-state index is -0.145. The maximum Gasteiger partial charge on any atom is 0.323 e. The van der Waals surface area contributed by atoms with Crippen molar-refractivity contribution in [1.82, 2.24) is 5.32 Å². The molecular formula is C13H25NO2. The van der Waals surface area contributed by atoms with Crippen LogP contribution in [0.1, 0.15) is 52.4 Å². The first-order chi connectivity index (χ1) is 7.65. The average molecular weight is 227 g/mol. The Bertz CT molecular complexity index is 208. The largest absolute Gasteiger partial charge is 0.468 e. The Morgan fingerprint density at radius 2 is 1.75 bits per heavy atom. The highest BCUT2D eigenvalue weighted by Gasteiger charge is 2.25. The Hall–Kier alpha value is -0.570. The molecule has 1 unspecified atom stereocenters. The number of carbonyl (C=O) groups excluding carboxylic acids is 1. The molecule has 3 heteroatoms. The minimum Gasteiger partial charge on any atom is -0.468 e. The van der Waals surface area contributed by atoms with Gasteiger partial charge in [0.1, 0.15) is 6.04 Å². The highest BCUT2D eigenvalue weighted by Crippen LogP contribution is 2.18. The Balaban J connectivity index is 2.49. The molecule has 0 aliphatic heterocycles. The summed E-state index contributed by atoms with van der Waals surface area (Å²) in [6.45, 7) is 4.12. The molecule has 1 rings (SSSR count). The van der Waals surface area contributed by atoms with Crippen LogP contribution in [-0.2, 0) is 9.53 Å². The van der Waals surface area contributed by atoms with Crippen LogP contribution in [0.25, 0.3) is 0 Å². The van der Waals surface area contributed by atoms with Crippen molar-refractivity contribution in [3.05, 3.63) is 0 Å². The van der Waals surface area contributed by atoms with E-state index in [-0.39, 0.29) is 17.9 Å². The molecule has 0 aromatic rings. The van der Waals surface area contributed by atoms with E-state index in [0.717, 1.165) is 0 Å². The molecule has 0 aromatic heterocycles. The number of hydrogen-bond donors (Lipinski definition) is 1. The van der Waals surface area contributed by atoms with Crippen LogP contribution in [0, 0.1) is 5.92 Å². The fourth-order valence-electron chi connectivity index (χ4n) is 2.36. The zero-order chi connectivity index (χ0) is 12.0. The number of nitrogens with one attached hydrogen (secondary N) is 1. The van der Waals surface area contributed by atoms with E-state index in [4.69, 9.17) is 4.74 Å². The van der Waals surface area contributed by atoms with Gasteiger partial charge in [0.05, 0.1) is 7.11 Å². The summed E-state index contributed by atoms with van der Waals surface area (Å²) in [6, 6.07) is 0.349. The van der Waals surface area contributed by atoms with E-state index in [1.54, 1.807) is 0 Å². The van der Waals surface area contributed by atoms with E-state index >= 15 is 0 Å². The number of carbonyl (C=O) groups is 1. The first-order valence-corrected chi connectivity index (χ1v) is 6.49. The summed E-state index contributed by atoms with van der Waals surface area (Å²) in [5.74, 6) is 0.162. The van der Waals surface area contributed by atoms with Gasteiger partial charge in [-0.3, -0.25) is 4.79 Å². The zero-order valence-corrected chi connectivity index (χ0v) is 10.8. The predicted molar refractivity (Wildman–Crippen MR) is 65.3 cm³/mol. The monoisotopic (exact) mass is 227 g/mol. The maximum absolute atomic E-state index is 11.6. The Morgan fingerprint density at radius 1 is 1.19 bits per heavy atom. The van der Waals surface area contributed by atoms with Gasteiger partial charge in [0.2, 0.25) is 0 Å². The SMILES string of the molecule is COC(=O)C(NC1CCCCCC1)C(C)C. The molecule has 0 spiro atoms. The molecule has 0 saturated heterocycles. The molecule has 1 N–H and O–H groups in total. The van der Waals surface area contributed by atoms with Crippen LogP contribution < -0.4 is 5.32 Å². The van der Waals surface area contributed by atoms with Crippen LogP contribution in [-0.4, -0.2) is 25.2 Å². The standard InChI is InChI=1S/C13H25NO2/c1-10(2)12(13(15)16-3)14-11-8-6-4-5-7-9-11/h10-12,14H,4-9H2,1-3H3. The summed E-state index contributed by atoms with van der Waals surface area (Å²) in [5, 5.41) is 3.47. The van der Waals surface area contributed by atoms with Gasteiger partial charge in [-0.05, 0) is 18.8 Å². The normalized spacial score (nSPS) is 20.5. The van der Waals surface area contributed by atoms with Gasteiger partial charge in [-0.2, -0.15) is 0 Å². The summed E-state index contributed by atoms with van der Waals surface area (Å²) in [7, 11) is 1.46. The van der Waals surface area contributed by atoms with Crippen molar-refractivity contribution in [2.75, 3.05) is 7.11 Å². The first kappa shape index (κ1) is 13.5. The van der Waals surface area contributed by atoms with E-state index < -0.39 is 0 Å². The van der Waals surface area contributed by atoms with Gasteiger partial charge in [0.25, 0.3) is 0 Å². The van der Waals surface area contributed by atoms with Gasteiger partial charge < -0.3 is 10.1 Å². The molecule has 0 amide bonds. The van der Waals surface area contributed by atoms with Gasteiger partial charge in [0.15, 0.2) is 0 Å². The molecule has 3 nitrogen and oxygen atoms in total. The smallest absolute Gasteiger partial charge is 0.323 e. The van der Waals surface area contributed by atoms with Crippen LogP contribution in [0.2, 0.25) is 0 Å². The highest BCUT2D eigenvalue weighted by atomic mass is 16.5. The molecule has 1 aliphatic rings. The molecule has 94 valence electrons. The molecule has 1 fully saturated rings. The van der Waals surface area contributed by atoms with Gasteiger partial charge in [-0.15, -0.1) is 0 Å². The third-order valence-corrected chi connectivity index (χ3v) is 3.39. The van der Waals surface area contributed by atoms with Crippen molar-refractivity contribution in [1.29, 1.82) is 0 Å². The highest BCUT2D eigenvalue weighted by molar-refractivity contribution is 5.75. The fraction of sp³-hybridized carbons (Fsp3) is 0.923. The van der Waals surface area contributed by atoms with Crippen molar-refractivity contribution in [3.8, 4) is 0 Å². The third-order valence-electron chi connectivity index (χ3n) is 3.39. The summed E-state index contributed by atoms with van der Waals surface area (Å²) in [4.78, 5) is 11.6. The fourth-order valence-corrected chi connectivity index (χ4v) is 2.36. The van der Waals surface area contributed by atoms with Gasteiger partial charge in [0, 0.05) is 6.04 Å². The van der Waals surface area contributed by atoms with Crippen molar-refractivity contribution in [2.45, 2.75) is 64.5 Å². The van der Waals surface area contributed by atoms with E-state index in [9.17, 15) is 4.79 Å². The lowest BCUT2D eigenvalue weighted by Crippen LogP contribution is -2.46. The van der Waals surface area contributed by atoms with E-state index in [0.29, 0.717) is 6.04 Å². The molecule has 0 radical (unpaired) electrons. The van der Waals surface area contributed by atoms with Gasteiger partial charge >= 0.3 is 5.97 Å². The van der Waals surface area contributed by atoms with Gasteiger partial charge in [-0.1, -0.05) is 39.5 Å². The Morgan fingerprint density at radius 3 is 2.19 bits per heavy atom. The lowest BCUT2D eigenvalue weighted by atomic mass is 10.0. The van der Waals surface area contributed by atoms with E-state index in [1.165, 1.54) is 45.6 Å². The summed E-state index contributed by atoms with van der Waals surface area (Å²) >= 11 is 0. The lowest BCUT2D eigenvalue weighted by Gasteiger charge is -2.25. The van der Waals surface area contributed by atoms with Crippen LogP contribution in [0.15, 0.2) is 0 Å². The number of ether oxygens (including phenoxy) is 1. The van der Waals surface area contributed by atoms with Gasteiger partial charge in [-0.25, -0.2) is 0 Å². The van der Waals surface area contributed by atoms with E-state index in [2.05, 4.69) is 19.2 Å². The topological polar surface area (TPSA) is 38.3 Å². The second kappa shape index (κ2) is 6.89. The predicted octanol–water partition coefficient (Wildman–Crippen LogP) is 2.50. The Labute approximate surface area is 98.9 Å². The molecular weight excluding hydrogens is 202 g/mol. The average Bonchev–Trinajstić information content (AvgIpc) is 2.52. The lowest BCUT2D eigenvalue weighted by molar-refractivity contribution is -0.144. The second-order valence-corrected chi connectivity index (χ2v) is 5.10. The number of esters is 1.